The largest absolute Gasteiger partial charge is 0.242 e. The van der Waals surface area contributed by atoms with Crippen LogP contribution in [0.4, 0.5) is 0 Å². The first-order valence-electron chi connectivity index (χ1n) is 14.7. The molecule has 4 heteroatoms. The molecule has 2 atom stereocenters. The van der Waals surface area contributed by atoms with E-state index in [0.29, 0.717) is 0 Å². The number of hydrogen-bond acceptors (Lipinski definition) is 1. The zero-order chi connectivity index (χ0) is 29.4. The standard InChI is InChI=1S/C37H44NOPS/c1-35(2,3)41(39)38-34(27-22-23-31-32(26-27)37(6,7)25-24-36(31,4)5)30-20-14-15-21-33(30)40(28-16-10-8-11-17-28)29-18-12-9-13-19-29/h8-23,26,34,38H,24-25H2,1-7H3/t34-,41+/m0/s1. The molecule has 5 rings (SSSR count). The Hall–Kier alpha value is -2.58. The summed E-state index contributed by atoms with van der Waals surface area (Å²) in [5, 5.41) is 3.91. The first-order valence-corrected chi connectivity index (χ1v) is 17.2. The fraction of sp³-hybridized carbons (Fsp3) is 0.351. The molecule has 214 valence electrons. The number of hydrogen-bond donors (Lipinski definition) is 1. The molecular weight excluding hydrogens is 537 g/mol. The Morgan fingerprint density at radius 1 is 0.707 bits per heavy atom. The third kappa shape index (κ3) is 6.29. The molecule has 2 nitrogen and oxygen atoms in total. The van der Waals surface area contributed by atoms with Gasteiger partial charge in [-0.1, -0.05) is 131 Å². The van der Waals surface area contributed by atoms with E-state index in [1.165, 1.54) is 44.6 Å². The maximum atomic E-state index is 13.8. The van der Waals surface area contributed by atoms with Crippen LogP contribution < -0.4 is 20.6 Å². The fourth-order valence-electron chi connectivity index (χ4n) is 5.90. The van der Waals surface area contributed by atoms with Gasteiger partial charge in [0.05, 0.1) is 21.8 Å². The van der Waals surface area contributed by atoms with E-state index in [2.05, 4.69) is 136 Å². The van der Waals surface area contributed by atoms with Gasteiger partial charge in [-0.05, 0) is 90.5 Å². The average Bonchev–Trinajstić information content (AvgIpc) is 2.95. The van der Waals surface area contributed by atoms with Crippen LogP contribution in [-0.2, 0) is 21.8 Å². The summed E-state index contributed by atoms with van der Waals surface area (Å²) in [5.74, 6) is 0. The molecule has 0 aliphatic heterocycles. The van der Waals surface area contributed by atoms with E-state index in [-0.39, 0.29) is 16.9 Å². The van der Waals surface area contributed by atoms with Crippen molar-refractivity contribution in [2.45, 2.75) is 82.9 Å². The second-order valence-corrected chi connectivity index (χ2v) is 17.8. The Kier molecular flexibility index (Phi) is 8.46. The van der Waals surface area contributed by atoms with Crippen molar-refractivity contribution in [3.8, 4) is 0 Å². The quantitative estimate of drug-likeness (QED) is 0.221. The third-order valence-electron chi connectivity index (χ3n) is 8.51. The second-order valence-electron chi connectivity index (χ2n) is 13.6. The highest BCUT2D eigenvalue weighted by molar-refractivity contribution is 7.84. The van der Waals surface area contributed by atoms with Crippen molar-refractivity contribution >= 4 is 34.8 Å². The lowest BCUT2D eigenvalue weighted by atomic mass is 9.63. The van der Waals surface area contributed by atoms with Crippen molar-refractivity contribution in [2.24, 2.45) is 0 Å². The van der Waals surface area contributed by atoms with Gasteiger partial charge in [-0.25, -0.2) is 8.93 Å². The van der Waals surface area contributed by atoms with Crippen LogP contribution in [0, 0.1) is 0 Å². The van der Waals surface area contributed by atoms with Gasteiger partial charge in [0.2, 0.25) is 0 Å². The van der Waals surface area contributed by atoms with Crippen LogP contribution in [0.2, 0.25) is 0 Å². The van der Waals surface area contributed by atoms with Gasteiger partial charge in [-0.15, -0.1) is 0 Å². The van der Waals surface area contributed by atoms with Gasteiger partial charge in [0.1, 0.15) is 0 Å². The van der Waals surface area contributed by atoms with E-state index >= 15 is 0 Å². The monoisotopic (exact) mass is 581 g/mol. The minimum absolute atomic E-state index is 0.0921. The van der Waals surface area contributed by atoms with Gasteiger partial charge in [-0.2, -0.15) is 0 Å². The van der Waals surface area contributed by atoms with E-state index in [9.17, 15) is 4.21 Å². The summed E-state index contributed by atoms with van der Waals surface area (Å²) in [6.07, 6.45) is 2.34. The van der Waals surface area contributed by atoms with Crippen LogP contribution in [0.5, 0.6) is 0 Å². The molecule has 0 radical (unpaired) electrons. The topological polar surface area (TPSA) is 29.1 Å². The van der Waals surface area contributed by atoms with Crippen molar-refractivity contribution in [1.82, 2.24) is 4.72 Å². The molecule has 4 aromatic carbocycles. The Morgan fingerprint density at radius 3 is 1.78 bits per heavy atom. The molecule has 0 saturated carbocycles. The Bertz CT molecular complexity index is 1480. The van der Waals surface area contributed by atoms with Gasteiger partial charge in [0.25, 0.3) is 0 Å². The van der Waals surface area contributed by atoms with Crippen LogP contribution in [0.1, 0.15) is 89.6 Å². The minimum atomic E-state index is -1.26. The van der Waals surface area contributed by atoms with Gasteiger partial charge < -0.3 is 0 Å². The molecule has 0 spiro atoms. The Labute approximate surface area is 251 Å². The maximum absolute atomic E-state index is 13.8. The molecule has 0 saturated heterocycles. The summed E-state index contributed by atoms with van der Waals surface area (Å²) in [7, 11) is -2.08. The highest BCUT2D eigenvalue weighted by Crippen LogP contribution is 2.47. The van der Waals surface area contributed by atoms with E-state index in [1.807, 2.05) is 20.8 Å². The predicted molar refractivity (Wildman–Crippen MR) is 180 cm³/mol. The van der Waals surface area contributed by atoms with Crippen LogP contribution in [0.25, 0.3) is 0 Å². The molecule has 41 heavy (non-hydrogen) atoms. The predicted octanol–water partition coefficient (Wildman–Crippen LogP) is 7.94. The molecule has 0 unspecified atom stereocenters. The molecule has 0 heterocycles. The lowest BCUT2D eigenvalue weighted by molar-refractivity contribution is 0.331. The molecule has 0 bridgehead atoms. The lowest BCUT2D eigenvalue weighted by Crippen LogP contribution is -2.39. The van der Waals surface area contributed by atoms with E-state index in [1.54, 1.807) is 0 Å². The van der Waals surface area contributed by atoms with Gasteiger partial charge >= 0.3 is 0 Å². The summed E-state index contributed by atoms with van der Waals surface area (Å²) in [5.41, 5.74) is 5.47. The van der Waals surface area contributed by atoms with E-state index in [0.717, 1.165) is 6.42 Å². The van der Waals surface area contributed by atoms with Gasteiger partial charge in [-0.3, -0.25) is 0 Å². The third-order valence-corrected chi connectivity index (χ3v) is 12.6. The highest BCUT2D eigenvalue weighted by Gasteiger charge is 2.38. The number of benzene rings is 4. The van der Waals surface area contributed by atoms with Crippen LogP contribution >= 0.6 is 7.92 Å². The molecule has 1 aliphatic rings. The highest BCUT2D eigenvalue weighted by atomic mass is 32.2. The molecule has 0 fully saturated rings. The van der Waals surface area contributed by atoms with Gasteiger partial charge in [0, 0.05) is 0 Å². The summed E-state index contributed by atoms with van der Waals surface area (Å²) in [6.45, 7) is 15.6. The normalized spacial score (nSPS) is 17.6. The molecule has 0 aromatic heterocycles. The van der Waals surface area contributed by atoms with Crippen molar-refractivity contribution in [3.63, 3.8) is 0 Å². The molecule has 4 aromatic rings. The first-order chi connectivity index (χ1) is 19.4. The minimum Gasteiger partial charge on any atom is -0.242 e. The van der Waals surface area contributed by atoms with Crippen molar-refractivity contribution in [2.75, 3.05) is 0 Å². The summed E-state index contributed by atoms with van der Waals surface area (Å²) in [4.78, 5) is 0. The van der Waals surface area contributed by atoms with Crippen LogP contribution in [0.3, 0.4) is 0 Å². The maximum Gasteiger partial charge on any atom is 0.0979 e. The lowest BCUT2D eigenvalue weighted by Gasteiger charge is -2.42. The first kappa shape index (κ1) is 29.9. The molecular formula is C37H44NOPS. The van der Waals surface area contributed by atoms with Crippen molar-refractivity contribution < 1.29 is 4.21 Å². The average molecular weight is 582 g/mol. The fourth-order valence-corrected chi connectivity index (χ4v) is 9.22. The Morgan fingerprint density at radius 2 is 1.22 bits per heavy atom. The molecule has 1 N–H and O–H groups in total. The zero-order valence-corrected chi connectivity index (χ0v) is 27.3. The SMILES string of the molecule is CC1(C)CCC(C)(C)c2cc([C@H](N[S@](=O)C(C)(C)C)c3ccccc3P(c3ccccc3)c3ccccc3)ccc21. The van der Waals surface area contributed by atoms with E-state index in [4.69, 9.17) is 0 Å². The number of fused-ring (bicyclic) bond motifs is 1. The van der Waals surface area contributed by atoms with Crippen LogP contribution in [-0.4, -0.2) is 8.96 Å². The smallest absolute Gasteiger partial charge is 0.0979 e. The molecule has 1 aliphatic carbocycles. The zero-order valence-electron chi connectivity index (χ0n) is 25.6. The van der Waals surface area contributed by atoms with Crippen molar-refractivity contribution in [3.05, 3.63) is 125 Å². The Balaban J connectivity index is 1.72. The van der Waals surface area contributed by atoms with Gasteiger partial charge in [0.15, 0.2) is 0 Å². The summed E-state index contributed by atoms with van der Waals surface area (Å²) >= 11 is 0. The van der Waals surface area contributed by atoms with Crippen LogP contribution in [0.15, 0.2) is 103 Å². The number of rotatable bonds is 7. The van der Waals surface area contributed by atoms with Crippen molar-refractivity contribution in [1.29, 1.82) is 0 Å². The summed E-state index contributed by atoms with van der Waals surface area (Å²) in [6, 6.07) is 37.3. The molecule has 0 amide bonds. The number of nitrogens with one attached hydrogen (secondary N) is 1. The summed E-state index contributed by atoms with van der Waals surface area (Å²) < 4.78 is 17.0. The second kappa shape index (κ2) is 11.6. The van der Waals surface area contributed by atoms with E-state index < -0.39 is 23.7 Å².